The molecule has 0 N–H and O–H groups in total. The molecule has 0 unspecified atom stereocenters. The zero-order chi connectivity index (χ0) is 16.9. The van der Waals surface area contributed by atoms with E-state index in [1.807, 2.05) is 36.4 Å². The third kappa shape index (κ3) is 3.94. The number of allylic oxidation sites excluding steroid dienone is 1. The number of ether oxygens (including phenoxy) is 1. The third-order valence-corrected chi connectivity index (χ3v) is 4.88. The standard InChI is InChI=1S/C20H15ClO2S/c1-23-17-8-4-15(5-9-17)20-13-11-18(24-20)10-12-19(22)14-2-6-16(21)7-3-14/h2-13H,1H3. The lowest BCUT2D eigenvalue weighted by Crippen LogP contribution is -1.92. The normalized spacial score (nSPS) is 10.9. The Morgan fingerprint density at radius 1 is 1.00 bits per heavy atom. The van der Waals surface area contributed by atoms with Gasteiger partial charge in [-0.15, -0.1) is 11.3 Å². The van der Waals surface area contributed by atoms with Crippen LogP contribution in [0.15, 0.2) is 66.7 Å². The second kappa shape index (κ2) is 7.47. The van der Waals surface area contributed by atoms with E-state index in [4.69, 9.17) is 16.3 Å². The largest absolute Gasteiger partial charge is 0.497 e. The lowest BCUT2D eigenvalue weighted by atomic mass is 10.1. The Kier molecular flexibility index (Phi) is 5.14. The summed E-state index contributed by atoms with van der Waals surface area (Å²) in [5.74, 6) is 0.801. The first-order chi connectivity index (χ1) is 11.7. The van der Waals surface area contributed by atoms with Gasteiger partial charge in [-0.3, -0.25) is 4.79 Å². The highest BCUT2D eigenvalue weighted by atomic mass is 35.5. The lowest BCUT2D eigenvalue weighted by Gasteiger charge is -2.00. The van der Waals surface area contributed by atoms with Gasteiger partial charge in [0.1, 0.15) is 5.75 Å². The van der Waals surface area contributed by atoms with Crippen molar-refractivity contribution < 1.29 is 9.53 Å². The molecule has 0 saturated heterocycles. The van der Waals surface area contributed by atoms with E-state index in [-0.39, 0.29) is 5.78 Å². The number of carbonyl (C=O) groups is 1. The summed E-state index contributed by atoms with van der Waals surface area (Å²) in [5.41, 5.74) is 1.76. The second-order valence-electron chi connectivity index (χ2n) is 5.13. The predicted molar refractivity (Wildman–Crippen MR) is 101 cm³/mol. The fourth-order valence-corrected chi connectivity index (χ4v) is 3.26. The molecular formula is C20H15ClO2S. The van der Waals surface area contributed by atoms with Crippen LogP contribution in [0.4, 0.5) is 0 Å². The van der Waals surface area contributed by atoms with Crippen LogP contribution in [0.2, 0.25) is 5.02 Å². The van der Waals surface area contributed by atoms with Crippen molar-refractivity contribution in [3.8, 4) is 16.2 Å². The average molecular weight is 355 g/mol. The van der Waals surface area contributed by atoms with Gasteiger partial charge >= 0.3 is 0 Å². The smallest absolute Gasteiger partial charge is 0.185 e. The minimum atomic E-state index is -0.0361. The molecule has 24 heavy (non-hydrogen) atoms. The Morgan fingerprint density at radius 3 is 2.38 bits per heavy atom. The Labute approximate surface area is 150 Å². The summed E-state index contributed by atoms with van der Waals surface area (Å²) in [6, 6.07) is 18.9. The quantitative estimate of drug-likeness (QED) is 0.416. The van der Waals surface area contributed by atoms with Gasteiger partial charge in [-0.2, -0.15) is 0 Å². The van der Waals surface area contributed by atoms with E-state index in [2.05, 4.69) is 6.07 Å². The highest BCUT2D eigenvalue weighted by Crippen LogP contribution is 2.30. The first-order valence-corrected chi connectivity index (χ1v) is 8.57. The highest BCUT2D eigenvalue weighted by molar-refractivity contribution is 7.16. The van der Waals surface area contributed by atoms with Gasteiger partial charge in [0.15, 0.2) is 5.78 Å². The van der Waals surface area contributed by atoms with Crippen LogP contribution >= 0.6 is 22.9 Å². The molecule has 1 heterocycles. The van der Waals surface area contributed by atoms with Gasteiger partial charge in [-0.05, 0) is 78.4 Å². The molecule has 0 fully saturated rings. The maximum Gasteiger partial charge on any atom is 0.185 e. The Bertz CT molecular complexity index is 861. The number of carbonyl (C=O) groups excluding carboxylic acids is 1. The fraction of sp³-hybridized carbons (Fsp3) is 0.0500. The topological polar surface area (TPSA) is 26.3 Å². The molecule has 2 aromatic carbocycles. The van der Waals surface area contributed by atoms with Crippen LogP contribution in [0.5, 0.6) is 5.75 Å². The average Bonchev–Trinajstić information content (AvgIpc) is 3.09. The molecular weight excluding hydrogens is 340 g/mol. The molecule has 4 heteroatoms. The molecule has 3 rings (SSSR count). The summed E-state index contributed by atoms with van der Waals surface area (Å²) in [4.78, 5) is 14.3. The molecule has 0 saturated carbocycles. The van der Waals surface area contributed by atoms with Crippen LogP contribution in [-0.4, -0.2) is 12.9 Å². The van der Waals surface area contributed by atoms with E-state index in [1.165, 1.54) is 0 Å². The Hall–Kier alpha value is -2.36. The highest BCUT2D eigenvalue weighted by Gasteiger charge is 2.04. The van der Waals surface area contributed by atoms with Crippen LogP contribution in [0.25, 0.3) is 16.5 Å². The maximum absolute atomic E-state index is 12.1. The molecule has 0 bridgehead atoms. The molecule has 0 spiro atoms. The minimum Gasteiger partial charge on any atom is -0.497 e. The van der Waals surface area contributed by atoms with Crippen molar-refractivity contribution in [2.24, 2.45) is 0 Å². The predicted octanol–water partition coefficient (Wildman–Crippen LogP) is 5.97. The third-order valence-electron chi connectivity index (χ3n) is 3.53. The molecule has 0 aliphatic carbocycles. The van der Waals surface area contributed by atoms with Gasteiger partial charge in [0.05, 0.1) is 7.11 Å². The van der Waals surface area contributed by atoms with Gasteiger partial charge in [-0.25, -0.2) is 0 Å². The van der Waals surface area contributed by atoms with Crippen molar-refractivity contribution in [2.45, 2.75) is 0 Å². The van der Waals surface area contributed by atoms with Gasteiger partial charge < -0.3 is 4.74 Å². The molecule has 3 aromatic rings. The Balaban J connectivity index is 1.73. The SMILES string of the molecule is COc1ccc(-c2ccc(C=CC(=O)c3ccc(Cl)cc3)s2)cc1. The van der Waals surface area contributed by atoms with Crippen molar-refractivity contribution in [2.75, 3.05) is 7.11 Å². The molecule has 1 aromatic heterocycles. The first-order valence-electron chi connectivity index (χ1n) is 7.38. The van der Waals surface area contributed by atoms with Gasteiger partial charge in [0, 0.05) is 20.3 Å². The molecule has 0 amide bonds. The zero-order valence-corrected chi connectivity index (χ0v) is 14.6. The lowest BCUT2D eigenvalue weighted by molar-refractivity contribution is 0.104. The zero-order valence-electron chi connectivity index (χ0n) is 13.0. The second-order valence-corrected chi connectivity index (χ2v) is 6.69. The van der Waals surface area contributed by atoms with E-state index < -0.39 is 0 Å². The summed E-state index contributed by atoms with van der Waals surface area (Å²) in [6.07, 6.45) is 3.43. The van der Waals surface area contributed by atoms with E-state index in [9.17, 15) is 4.79 Å². The van der Waals surface area contributed by atoms with E-state index >= 15 is 0 Å². The summed E-state index contributed by atoms with van der Waals surface area (Å²) in [7, 11) is 1.65. The van der Waals surface area contributed by atoms with E-state index in [0.717, 1.165) is 21.1 Å². The van der Waals surface area contributed by atoms with Crippen molar-refractivity contribution in [3.63, 3.8) is 0 Å². The number of halogens is 1. The number of hydrogen-bond acceptors (Lipinski definition) is 3. The monoisotopic (exact) mass is 354 g/mol. The van der Waals surface area contributed by atoms with Crippen molar-refractivity contribution in [3.05, 3.63) is 82.2 Å². The van der Waals surface area contributed by atoms with E-state index in [1.54, 1.807) is 48.8 Å². The molecule has 0 radical (unpaired) electrons. The molecule has 2 nitrogen and oxygen atoms in total. The number of methoxy groups -OCH3 is 1. The summed E-state index contributed by atoms with van der Waals surface area (Å²) in [5, 5.41) is 0.623. The van der Waals surface area contributed by atoms with Gasteiger partial charge in [-0.1, -0.05) is 11.6 Å². The summed E-state index contributed by atoms with van der Waals surface area (Å²) in [6.45, 7) is 0. The van der Waals surface area contributed by atoms with Gasteiger partial charge in [0.25, 0.3) is 0 Å². The van der Waals surface area contributed by atoms with Crippen LogP contribution in [0.1, 0.15) is 15.2 Å². The number of rotatable bonds is 5. The van der Waals surface area contributed by atoms with E-state index in [0.29, 0.717) is 10.6 Å². The number of ketones is 1. The summed E-state index contributed by atoms with van der Waals surface area (Å²) >= 11 is 7.47. The number of hydrogen-bond donors (Lipinski definition) is 0. The van der Waals surface area contributed by atoms with Gasteiger partial charge in [0.2, 0.25) is 0 Å². The van der Waals surface area contributed by atoms with Crippen molar-refractivity contribution in [1.82, 2.24) is 0 Å². The first kappa shape index (κ1) is 16.5. The van der Waals surface area contributed by atoms with Crippen LogP contribution in [0.3, 0.4) is 0 Å². The van der Waals surface area contributed by atoms with Crippen LogP contribution in [-0.2, 0) is 0 Å². The maximum atomic E-state index is 12.1. The molecule has 0 aliphatic rings. The van der Waals surface area contributed by atoms with Crippen LogP contribution < -0.4 is 4.74 Å². The van der Waals surface area contributed by atoms with Crippen LogP contribution in [0, 0.1) is 0 Å². The molecule has 0 atom stereocenters. The minimum absolute atomic E-state index is 0.0361. The molecule has 120 valence electrons. The van der Waals surface area contributed by atoms with Crippen molar-refractivity contribution in [1.29, 1.82) is 0 Å². The molecule has 0 aliphatic heterocycles. The number of thiophene rings is 1. The summed E-state index contributed by atoms with van der Waals surface area (Å²) < 4.78 is 5.17. The number of benzene rings is 2. The van der Waals surface area contributed by atoms with Crippen molar-refractivity contribution >= 4 is 34.8 Å². The fourth-order valence-electron chi connectivity index (χ4n) is 2.22. The Morgan fingerprint density at radius 2 is 1.71 bits per heavy atom.